The van der Waals surface area contributed by atoms with E-state index < -0.39 is 0 Å². The van der Waals surface area contributed by atoms with Crippen molar-refractivity contribution in [2.75, 3.05) is 0 Å². The van der Waals surface area contributed by atoms with E-state index in [-0.39, 0.29) is 11.5 Å². The third-order valence-electron chi connectivity index (χ3n) is 2.27. The minimum atomic E-state index is 0.112. The Kier molecular flexibility index (Phi) is 2.29. The zero-order chi connectivity index (χ0) is 10.8. The zero-order valence-electron chi connectivity index (χ0n) is 8.31. The summed E-state index contributed by atoms with van der Waals surface area (Å²) in [5.41, 5.74) is 1.98. The molecule has 0 saturated heterocycles. The molecule has 76 valence electrons. The second kappa shape index (κ2) is 3.61. The van der Waals surface area contributed by atoms with Crippen molar-refractivity contribution in [2.45, 2.75) is 6.92 Å². The number of hydrogen-bond acceptors (Lipinski definition) is 3. The molecule has 0 bridgehead atoms. The Morgan fingerprint density at radius 3 is 2.53 bits per heavy atom. The van der Waals surface area contributed by atoms with E-state index in [1.165, 1.54) is 0 Å². The maximum absolute atomic E-state index is 9.58. The summed E-state index contributed by atoms with van der Waals surface area (Å²) in [6.07, 6.45) is 1.60. The summed E-state index contributed by atoms with van der Waals surface area (Å²) in [5, 5.41) is 19.1. The van der Waals surface area contributed by atoms with Gasteiger partial charge in [0.1, 0.15) is 17.2 Å². The van der Waals surface area contributed by atoms with Gasteiger partial charge in [0, 0.05) is 11.8 Å². The van der Waals surface area contributed by atoms with Gasteiger partial charge in [0.15, 0.2) is 0 Å². The molecule has 1 aromatic carbocycles. The van der Waals surface area contributed by atoms with Crippen molar-refractivity contribution in [1.29, 1.82) is 0 Å². The van der Waals surface area contributed by atoms with Crippen molar-refractivity contribution in [1.82, 2.24) is 4.98 Å². The Labute approximate surface area is 87.7 Å². The fourth-order valence-electron chi connectivity index (χ4n) is 1.38. The number of aryl methyl sites for hydroxylation is 1. The Balaban J connectivity index is 2.55. The minimum Gasteiger partial charge on any atom is -0.508 e. The molecular formula is C12H11NO2. The van der Waals surface area contributed by atoms with Crippen molar-refractivity contribution in [2.24, 2.45) is 0 Å². The third kappa shape index (κ3) is 1.76. The Bertz CT molecular complexity index is 495. The summed E-state index contributed by atoms with van der Waals surface area (Å²) in [7, 11) is 0. The molecule has 3 heteroatoms. The first-order valence-electron chi connectivity index (χ1n) is 4.62. The van der Waals surface area contributed by atoms with E-state index in [9.17, 15) is 10.2 Å². The van der Waals surface area contributed by atoms with Gasteiger partial charge in [-0.15, -0.1) is 0 Å². The number of benzene rings is 1. The number of rotatable bonds is 1. The van der Waals surface area contributed by atoms with Crippen molar-refractivity contribution >= 4 is 0 Å². The number of phenols is 1. The molecule has 0 amide bonds. The van der Waals surface area contributed by atoms with Crippen molar-refractivity contribution in [3.8, 4) is 22.8 Å². The summed E-state index contributed by atoms with van der Waals surface area (Å²) in [6, 6.07) is 8.43. The monoisotopic (exact) mass is 201 g/mol. The van der Waals surface area contributed by atoms with Crippen LogP contribution in [0, 0.1) is 6.92 Å². The van der Waals surface area contributed by atoms with Gasteiger partial charge < -0.3 is 10.2 Å². The lowest BCUT2D eigenvalue weighted by Crippen LogP contribution is -1.84. The maximum atomic E-state index is 9.58. The molecule has 1 aromatic heterocycles. The number of hydrogen-bond donors (Lipinski definition) is 2. The second-order valence-electron chi connectivity index (χ2n) is 3.37. The van der Waals surface area contributed by atoms with Crippen LogP contribution in [0.25, 0.3) is 11.3 Å². The van der Waals surface area contributed by atoms with Gasteiger partial charge in [-0.3, -0.25) is 4.98 Å². The van der Waals surface area contributed by atoms with Crippen LogP contribution in [-0.4, -0.2) is 15.2 Å². The van der Waals surface area contributed by atoms with Crippen molar-refractivity contribution < 1.29 is 10.2 Å². The van der Waals surface area contributed by atoms with E-state index in [1.54, 1.807) is 30.5 Å². The Morgan fingerprint density at radius 2 is 1.87 bits per heavy atom. The molecule has 0 saturated carbocycles. The van der Waals surface area contributed by atoms with Crippen molar-refractivity contribution in [3.63, 3.8) is 0 Å². The average Bonchev–Trinajstić information content (AvgIpc) is 2.23. The molecule has 3 nitrogen and oxygen atoms in total. The summed E-state index contributed by atoms with van der Waals surface area (Å²) >= 11 is 0. The minimum absolute atomic E-state index is 0.112. The lowest BCUT2D eigenvalue weighted by Gasteiger charge is -2.05. The van der Waals surface area contributed by atoms with Gasteiger partial charge in [-0.25, -0.2) is 0 Å². The molecule has 2 N–H and O–H groups in total. The molecule has 2 aromatic rings. The summed E-state index contributed by atoms with van der Waals surface area (Å²) in [6.45, 7) is 1.82. The van der Waals surface area contributed by atoms with Gasteiger partial charge in [0.2, 0.25) is 0 Å². The second-order valence-corrected chi connectivity index (χ2v) is 3.37. The van der Waals surface area contributed by atoms with Gasteiger partial charge >= 0.3 is 0 Å². The van der Waals surface area contributed by atoms with Crippen LogP contribution in [0.2, 0.25) is 0 Å². The molecule has 0 aliphatic rings. The zero-order valence-corrected chi connectivity index (χ0v) is 8.31. The standard InChI is InChI=1S/C12H11NO2/c1-8-4-5-9(7-11(8)15)12-10(14)3-2-6-13-12/h2-7,14-15H,1H3. The van der Waals surface area contributed by atoms with Crippen LogP contribution in [0.3, 0.4) is 0 Å². The Morgan fingerprint density at radius 1 is 1.07 bits per heavy atom. The lowest BCUT2D eigenvalue weighted by molar-refractivity contribution is 0.470. The first-order chi connectivity index (χ1) is 7.18. The predicted molar refractivity (Wildman–Crippen MR) is 57.7 cm³/mol. The smallest absolute Gasteiger partial charge is 0.141 e. The molecule has 0 aliphatic heterocycles. The molecule has 0 spiro atoms. The third-order valence-corrected chi connectivity index (χ3v) is 2.27. The van der Waals surface area contributed by atoms with Gasteiger partial charge in [-0.2, -0.15) is 0 Å². The summed E-state index contributed by atoms with van der Waals surface area (Å²) < 4.78 is 0. The fourth-order valence-corrected chi connectivity index (χ4v) is 1.38. The average molecular weight is 201 g/mol. The number of aromatic hydroxyl groups is 2. The van der Waals surface area contributed by atoms with E-state index in [0.717, 1.165) is 5.56 Å². The first-order valence-corrected chi connectivity index (χ1v) is 4.62. The first kappa shape index (κ1) is 9.52. The molecule has 0 unspecified atom stereocenters. The molecule has 0 aliphatic carbocycles. The molecule has 0 fully saturated rings. The predicted octanol–water partition coefficient (Wildman–Crippen LogP) is 2.47. The summed E-state index contributed by atoms with van der Waals surface area (Å²) in [4.78, 5) is 4.06. The van der Waals surface area contributed by atoms with Gasteiger partial charge in [-0.1, -0.05) is 12.1 Å². The highest BCUT2D eigenvalue weighted by Crippen LogP contribution is 2.29. The van der Waals surface area contributed by atoms with Gasteiger partial charge in [0.05, 0.1) is 0 Å². The number of phenolic OH excluding ortho intramolecular Hbond substituents is 1. The van der Waals surface area contributed by atoms with Crippen LogP contribution in [0.4, 0.5) is 0 Å². The molecule has 15 heavy (non-hydrogen) atoms. The van der Waals surface area contributed by atoms with Crippen LogP contribution in [0.15, 0.2) is 36.5 Å². The van der Waals surface area contributed by atoms with Crippen LogP contribution >= 0.6 is 0 Å². The van der Waals surface area contributed by atoms with E-state index >= 15 is 0 Å². The van der Waals surface area contributed by atoms with Crippen LogP contribution < -0.4 is 0 Å². The normalized spacial score (nSPS) is 10.2. The molecule has 1 heterocycles. The number of nitrogens with zero attached hydrogens (tertiary/aromatic N) is 1. The molecule has 2 rings (SSSR count). The highest BCUT2D eigenvalue weighted by molar-refractivity contribution is 5.67. The maximum Gasteiger partial charge on any atom is 0.141 e. The quantitative estimate of drug-likeness (QED) is 0.745. The van der Waals surface area contributed by atoms with E-state index in [1.807, 2.05) is 13.0 Å². The Hall–Kier alpha value is -2.03. The fraction of sp³-hybridized carbons (Fsp3) is 0.0833. The van der Waals surface area contributed by atoms with Crippen LogP contribution in [-0.2, 0) is 0 Å². The van der Waals surface area contributed by atoms with Crippen LogP contribution in [0.1, 0.15) is 5.56 Å². The number of aromatic nitrogens is 1. The molecule has 0 radical (unpaired) electrons. The molecular weight excluding hydrogens is 190 g/mol. The number of pyridine rings is 1. The largest absolute Gasteiger partial charge is 0.508 e. The van der Waals surface area contributed by atoms with E-state index in [0.29, 0.717) is 11.3 Å². The topological polar surface area (TPSA) is 53.4 Å². The van der Waals surface area contributed by atoms with Gasteiger partial charge in [-0.05, 0) is 30.7 Å². The van der Waals surface area contributed by atoms with E-state index in [4.69, 9.17) is 0 Å². The van der Waals surface area contributed by atoms with E-state index in [2.05, 4.69) is 4.98 Å². The lowest BCUT2D eigenvalue weighted by atomic mass is 10.1. The highest BCUT2D eigenvalue weighted by atomic mass is 16.3. The summed E-state index contributed by atoms with van der Waals surface area (Å²) in [5.74, 6) is 0.318. The molecule has 0 atom stereocenters. The van der Waals surface area contributed by atoms with Gasteiger partial charge in [0.25, 0.3) is 0 Å². The SMILES string of the molecule is Cc1ccc(-c2ncccc2O)cc1O. The van der Waals surface area contributed by atoms with Crippen LogP contribution in [0.5, 0.6) is 11.5 Å². The van der Waals surface area contributed by atoms with Crippen molar-refractivity contribution in [3.05, 3.63) is 42.1 Å². The highest BCUT2D eigenvalue weighted by Gasteiger charge is 2.06.